The Balaban J connectivity index is 2.43. The van der Waals surface area contributed by atoms with Crippen molar-refractivity contribution in [1.29, 1.82) is 0 Å². The molecule has 4 nitrogen and oxygen atoms in total. The quantitative estimate of drug-likeness (QED) is 0.737. The second-order valence-electron chi connectivity index (χ2n) is 4.33. The summed E-state index contributed by atoms with van der Waals surface area (Å²) in [5.74, 6) is -0.415. The predicted molar refractivity (Wildman–Crippen MR) is 65.4 cm³/mol. The number of primary amides is 1. The van der Waals surface area contributed by atoms with Crippen LogP contribution in [0.5, 0.6) is 0 Å². The first kappa shape index (κ1) is 10.8. The smallest absolute Gasteiger partial charge is 0.250 e. The van der Waals surface area contributed by atoms with E-state index < -0.39 is 5.91 Å². The van der Waals surface area contributed by atoms with Crippen LogP contribution in [0.3, 0.4) is 0 Å². The monoisotopic (exact) mass is 219 g/mol. The van der Waals surface area contributed by atoms with Crippen LogP contribution in [0.1, 0.15) is 30.1 Å². The zero-order chi connectivity index (χ0) is 11.7. The Kier molecular flexibility index (Phi) is 2.73. The van der Waals surface area contributed by atoms with Gasteiger partial charge in [-0.15, -0.1) is 0 Å². The van der Waals surface area contributed by atoms with Crippen LogP contribution in [0.15, 0.2) is 18.2 Å². The Morgan fingerprint density at radius 3 is 2.81 bits per heavy atom. The number of carbonyl (C=O) groups is 1. The predicted octanol–water partition coefficient (Wildman–Crippen LogP) is 1.36. The van der Waals surface area contributed by atoms with E-state index in [-0.39, 0.29) is 0 Å². The minimum absolute atomic E-state index is 0.415. The molecule has 1 amide bonds. The van der Waals surface area contributed by atoms with Crippen LogP contribution in [-0.2, 0) is 0 Å². The Morgan fingerprint density at radius 2 is 2.25 bits per heavy atom. The van der Waals surface area contributed by atoms with Gasteiger partial charge in [-0.3, -0.25) is 4.79 Å². The highest BCUT2D eigenvalue weighted by atomic mass is 16.1. The minimum Gasteiger partial charge on any atom is -0.399 e. The normalized spacial score (nSPS) is 20.1. The molecule has 4 N–H and O–H groups in total. The van der Waals surface area contributed by atoms with Gasteiger partial charge in [0.25, 0.3) is 5.91 Å². The molecule has 16 heavy (non-hydrogen) atoms. The topological polar surface area (TPSA) is 72.3 Å². The third-order valence-corrected chi connectivity index (χ3v) is 3.15. The molecule has 0 aliphatic carbocycles. The summed E-state index contributed by atoms with van der Waals surface area (Å²) in [7, 11) is 0. The van der Waals surface area contributed by atoms with Crippen molar-refractivity contribution < 1.29 is 4.79 Å². The number of hydrogen-bond acceptors (Lipinski definition) is 3. The molecule has 4 heteroatoms. The highest BCUT2D eigenvalue weighted by Gasteiger charge is 2.23. The standard InChI is InChI=1S/C12H17N3O/c1-8-3-2-6-15(8)11-5-4-9(13)7-10(11)12(14)16/h4-5,7-8H,2-3,6,13H2,1H3,(H2,14,16). The number of anilines is 2. The number of hydrogen-bond donors (Lipinski definition) is 2. The number of nitrogens with zero attached hydrogens (tertiary/aromatic N) is 1. The molecule has 2 rings (SSSR count). The van der Waals surface area contributed by atoms with Crippen LogP contribution >= 0.6 is 0 Å². The molecule has 86 valence electrons. The summed E-state index contributed by atoms with van der Waals surface area (Å²) in [6, 6.07) is 5.81. The zero-order valence-electron chi connectivity index (χ0n) is 9.44. The van der Waals surface area contributed by atoms with Crippen LogP contribution in [-0.4, -0.2) is 18.5 Å². The molecule has 1 aliphatic rings. The van der Waals surface area contributed by atoms with E-state index in [0.717, 1.165) is 25.1 Å². The van der Waals surface area contributed by atoms with E-state index in [2.05, 4.69) is 11.8 Å². The first-order valence-electron chi connectivity index (χ1n) is 5.55. The lowest BCUT2D eigenvalue weighted by Crippen LogP contribution is -2.29. The summed E-state index contributed by atoms with van der Waals surface area (Å²) in [6.45, 7) is 3.14. The van der Waals surface area contributed by atoms with Gasteiger partial charge in [0.15, 0.2) is 0 Å². The fraction of sp³-hybridized carbons (Fsp3) is 0.417. The molecule has 1 heterocycles. The number of carbonyl (C=O) groups excluding carboxylic acids is 1. The first-order valence-corrected chi connectivity index (χ1v) is 5.55. The SMILES string of the molecule is CC1CCCN1c1ccc(N)cc1C(N)=O. The lowest BCUT2D eigenvalue weighted by Gasteiger charge is -2.25. The van der Waals surface area contributed by atoms with E-state index in [1.165, 1.54) is 0 Å². The number of benzene rings is 1. The van der Waals surface area contributed by atoms with Gasteiger partial charge >= 0.3 is 0 Å². The Hall–Kier alpha value is -1.71. The summed E-state index contributed by atoms with van der Waals surface area (Å²) in [5, 5.41) is 0. The van der Waals surface area contributed by atoms with Gasteiger partial charge in [0, 0.05) is 24.0 Å². The average molecular weight is 219 g/mol. The van der Waals surface area contributed by atoms with Crippen molar-refractivity contribution in [3.8, 4) is 0 Å². The molecule has 1 unspecified atom stereocenters. The van der Waals surface area contributed by atoms with Crippen LogP contribution in [0.25, 0.3) is 0 Å². The van der Waals surface area contributed by atoms with E-state index in [4.69, 9.17) is 11.5 Å². The average Bonchev–Trinajstić information content (AvgIpc) is 2.64. The summed E-state index contributed by atoms with van der Waals surface area (Å²) < 4.78 is 0. The Bertz CT molecular complexity index is 417. The van der Waals surface area contributed by atoms with Gasteiger partial charge in [0.05, 0.1) is 5.56 Å². The van der Waals surface area contributed by atoms with Crippen LogP contribution in [0, 0.1) is 0 Å². The van der Waals surface area contributed by atoms with E-state index in [1.807, 2.05) is 12.1 Å². The van der Waals surface area contributed by atoms with Crippen molar-refractivity contribution in [2.45, 2.75) is 25.8 Å². The third-order valence-electron chi connectivity index (χ3n) is 3.15. The molecule has 1 fully saturated rings. The maximum absolute atomic E-state index is 11.4. The summed E-state index contributed by atoms with van der Waals surface area (Å²) >= 11 is 0. The van der Waals surface area contributed by atoms with Crippen molar-refractivity contribution in [3.63, 3.8) is 0 Å². The summed E-state index contributed by atoms with van der Waals surface area (Å²) in [4.78, 5) is 13.6. The number of nitrogens with two attached hydrogens (primary N) is 2. The largest absolute Gasteiger partial charge is 0.399 e. The molecule has 0 saturated carbocycles. The van der Waals surface area contributed by atoms with Crippen molar-refractivity contribution in [2.24, 2.45) is 5.73 Å². The van der Waals surface area contributed by atoms with E-state index in [0.29, 0.717) is 17.3 Å². The van der Waals surface area contributed by atoms with Gasteiger partial charge in [-0.25, -0.2) is 0 Å². The molecule has 0 aromatic heterocycles. The van der Waals surface area contributed by atoms with E-state index in [1.54, 1.807) is 6.07 Å². The van der Waals surface area contributed by atoms with Crippen molar-refractivity contribution in [3.05, 3.63) is 23.8 Å². The fourth-order valence-electron chi connectivity index (χ4n) is 2.29. The molecule has 1 aromatic rings. The van der Waals surface area contributed by atoms with Crippen molar-refractivity contribution in [1.82, 2.24) is 0 Å². The lowest BCUT2D eigenvalue weighted by molar-refractivity contribution is 0.100. The van der Waals surface area contributed by atoms with Crippen molar-refractivity contribution in [2.75, 3.05) is 17.2 Å². The fourth-order valence-corrected chi connectivity index (χ4v) is 2.29. The molecule has 1 atom stereocenters. The Morgan fingerprint density at radius 1 is 1.50 bits per heavy atom. The van der Waals surface area contributed by atoms with Crippen molar-refractivity contribution >= 4 is 17.3 Å². The number of rotatable bonds is 2. The molecule has 0 bridgehead atoms. The molecular formula is C12H17N3O. The van der Waals surface area contributed by atoms with Crippen LogP contribution < -0.4 is 16.4 Å². The lowest BCUT2D eigenvalue weighted by atomic mass is 10.1. The minimum atomic E-state index is -0.415. The molecule has 1 aliphatic heterocycles. The zero-order valence-corrected chi connectivity index (χ0v) is 9.44. The second-order valence-corrected chi connectivity index (χ2v) is 4.33. The van der Waals surface area contributed by atoms with E-state index >= 15 is 0 Å². The highest BCUT2D eigenvalue weighted by molar-refractivity contribution is 5.99. The number of amides is 1. The third kappa shape index (κ3) is 1.83. The number of nitrogen functional groups attached to an aromatic ring is 1. The van der Waals surface area contributed by atoms with Gasteiger partial charge < -0.3 is 16.4 Å². The Labute approximate surface area is 95.2 Å². The molecule has 1 saturated heterocycles. The van der Waals surface area contributed by atoms with E-state index in [9.17, 15) is 4.79 Å². The second kappa shape index (κ2) is 4.04. The molecule has 0 radical (unpaired) electrons. The van der Waals surface area contributed by atoms with Crippen LogP contribution in [0.2, 0.25) is 0 Å². The van der Waals surface area contributed by atoms with Crippen LogP contribution in [0.4, 0.5) is 11.4 Å². The van der Waals surface area contributed by atoms with Gasteiger partial charge in [-0.05, 0) is 38.0 Å². The van der Waals surface area contributed by atoms with Gasteiger partial charge in [-0.1, -0.05) is 0 Å². The van der Waals surface area contributed by atoms with Gasteiger partial charge in [-0.2, -0.15) is 0 Å². The summed E-state index contributed by atoms with van der Waals surface area (Å²) in [5.41, 5.74) is 13.1. The maximum atomic E-state index is 11.4. The summed E-state index contributed by atoms with van der Waals surface area (Å²) in [6.07, 6.45) is 2.31. The molecular weight excluding hydrogens is 202 g/mol. The maximum Gasteiger partial charge on any atom is 0.250 e. The first-order chi connectivity index (χ1) is 7.59. The molecule has 1 aromatic carbocycles. The van der Waals surface area contributed by atoms with Gasteiger partial charge in [0.2, 0.25) is 0 Å². The highest BCUT2D eigenvalue weighted by Crippen LogP contribution is 2.29. The van der Waals surface area contributed by atoms with Gasteiger partial charge in [0.1, 0.15) is 0 Å². The molecule has 0 spiro atoms.